The SMILES string of the molecule is CCO.O=S(=O)(Cl)c1ccc(Br)cc1. The molecule has 3 nitrogen and oxygen atoms in total. The summed E-state index contributed by atoms with van der Waals surface area (Å²) in [5.41, 5.74) is 0. The molecule has 0 aliphatic heterocycles. The van der Waals surface area contributed by atoms with E-state index in [1.807, 2.05) is 0 Å². The van der Waals surface area contributed by atoms with E-state index in [0.29, 0.717) is 0 Å². The third-order valence-corrected chi connectivity index (χ3v) is 2.99. The van der Waals surface area contributed by atoms with Gasteiger partial charge in [0, 0.05) is 21.8 Å². The van der Waals surface area contributed by atoms with Crippen LogP contribution in [0.5, 0.6) is 0 Å². The first-order valence-electron chi connectivity index (χ1n) is 3.73. The molecule has 0 amide bonds. The lowest BCUT2D eigenvalue weighted by atomic mass is 10.4. The molecule has 0 saturated carbocycles. The smallest absolute Gasteiger partial charge is 0.261 e. The Bertz CT molecular complexity index is 361. The number of aliphatic hydroxyl groups excluding tert-OH is 1. The molecule has 0 unspecified atom stereocenters. The molecule has 6 heteroatoms. The zero-order chi connectivity index (χ0) is 11.2. The van der Waals surface area contributed by atoms with E-state index in [1.165, 1.54) is 12.1 Å². The van der Waals surface area contributed by atoms with Gasteiger partial charge in [-0.25, -0.2) is 8.42 Å². The van der Waals surface area contributed by atoms with Gasteiger partial charge in [0.15, 0.2) is 0 Å². The molecule has 1 aromatic rings. The minimum absolute atomic E-state index is 0.113. The normalized spacial score (nSPS) is 10.3. The van der Waals surface area contributed by atoms with Crippen molar-refractivity contribution in [3.8, 4) is 0 Å². The number of hydrogen-bond donors (Lipinski definition) is 1. The summed E-state index contributed by atoms with van der Waals surface area (Å²) >= 11 is 3.17. The van der Waals surface area contributed by atoms with E-state index >= 15 is 0 Å². The van der Waals surface area contributed by atoms with Crippen molar-refractivity contribution in [1.82, 2.24) is 0 Å². The molecule has 0 aliphatic rings. The van der Waals surface area contributed by atoms with E-state index in [2.05, 4.69) is 15.9 Å². The molecule has 0 bridgehead atoms. The van der Waals surface area contributed by atoms with Crippen LogP contribution >= 0.6 is 26.6 Å². The van der Waals surface area contributed by atoms with E-state index in [1.54, 1.807) is 19.1 Å². The predicted octanol–water partition coefficient (Wildman–Crippen LogP) is 2.38. The Balaban J connectivity index is 0.000000500. The maximum Gasteiger partial charge on any atom is 0.261 e. The van der Waals surface area contributed by atoms with Crippen LogP contribution in [0.15, 0.2) is 33.6 Å². The first-order valence-corrected chi connectivity index (χ1v) is 6.83. The molecule has 0 saturated heterocycles. The highest BCUT2D eigenvalue weighted by Gasteiger charge is 2.07. The second kappa shape index (κ2) is 6.40. The van der Waals surface area contributed by atoms with Crippen LogP contribution in [0.25, 0.3) is 0 Å². The van der Waals surface area contributed by atoms with Crippen molar-refractivity contribution in [3.63, 3.8) is 0 Å². The second-order valence-corrected chi connectivity index (χ2v) is 5.69. The van der Waals surface area contributed by atoms with Crippen molar-refractivity contribution < 1.29 is 13.5 Å². The highest BCUT2D eigenvalue weighted by molar-refractivity contribution is 9.10. The number of aliphatic hydroxyl groups is 1. The Morgan fingerprint density at radius 2 is 1.71 bits per heavy atom. The zero-order valence-electron chi connectivity index (χ0n) is 7.44. The molecule has 0 heterocycles. The summed E-state index contributed by atoms with van der Waals surface area (Å²) in [6.45, 7) is 1.93. The van der Waals surface area contributed by atoms with Crippen LogP contribution in [0.3, 0.4) is 0 Å². The minimum Gasteiger partial charge on any atom is -0.397 e. The Labute approximate surface area is 96.3 Å². The fourth-order valence-electron chi connectivity index (χ4n) is 0.597. The summed E-state index contributed by atoms with van der Waals surface area (Å²) in [5, 5.41) is 7.57. The van der Waals surface area contributed by atoms with Gasteiger partial charge in [-0.3, -0.25) is 0 Å². The van der Waals surface area contributed by atoms with Crippen molar-refractivity contribution in [2.75, 3.05) is 6.61 Å². The molecule has 0 atom stereocenters. The molecule has 0 aliphatic carbocycles. The van der Waals surface area contributed by atoms with Gasteiger partial charge >= 0.3 is 0 Å². The van der Waals surface area contributed by atoms with Gasteiger partial charge < -0.3 is 5.11 Å². The molecule has 0 radical (unpaired) electrons. The van der Waals surface area contributed by atoms with Gasteiger partial charge in [-0.05, 0) is 31.2 Å². The van der Waals surface area contributed by atoms with Crippen LogP contribution in [0, 0.1) is 0 Å². The zero-order valence-corrected chi connectivity index (χ0v) is 10.6. The van der Waals surface area contributed by atoms with Crippen molar-refractivity contribution in [2.24, 2.45) is 0 Å². The van der Waals surface area contributed by atoms with Gasteiger partial charge in [-0.2, -0.15) is 0 Å². The van der Waals surface area contributed by atoms with E-state index in [0.717, 1.165) is 4.47 Å². The summed E-state index contributed by atoms with van der Waals surface area (Å²) in [6.07, 6.45) is 0. The lowest BCUT2D eigenvalue weighted by Crippen LogP contribution is -1.88. The van der Waals surface area contributed by atoms with Gasteiger partial charge in [0.25, 0.3) is 9.05 Å². The Hall–Kier alpha value is -0.100. The third-order valence-electron chi connectivity index (χ3n) is 1.10. The number of halogens is 2. The average Bonchev–Trinajstić information content (AvgIpc) is 2.04. The Morgan fingerprint density at radius 3 is 2.00 bits per heavy atom. The number of rotatable bonds is 1. The van der Waals surface area contributed by atoms with Crippen LogP contribution in [0.4, 0.5) is 0 Å². The van der Waals surface area contributed by atoms with Crippen molar-refractivity contribution >= 4 is 35.7 Å². The molecule has 1 N–H and O–H groups in total. The molecule has 1 aromatic carbocycles. The second-order valence-electron chi connectivity index (χ2n) is 2.21. The maximum atomic E-state index is 10.7. The molecule has 0 spiro atoms. The first kappa shape index (κ1) is 13.9. The van der Waals surface area contributed by atoms with Crippen LogP contribution in [0.1, 0.15) is 6.92 Å². The van der Waals surface area contributed by atoms with E-state index in [-0.39, 0.29) is 11.5 Å². The van der Waals surface area contributed by atoms with Crippen LogP contribution in [0.2, 0.25) is 0 Å². The number of hydrogen-bond acceptors (Lipinski definition) is 3. The minimum atomic E-state index is -3.57. The first-order chi connectivity index (χ1) is 6.41. The molecular formula is C8H10BrClO3S. The molecule has 80 valence electrons. The maximum absolute atomic E-state index is 10.7. The van der Waals surface area contributed by atoms with Gasteiger partial charge in [0.05, 0.1) is 4.90 Å². The molecular weight excluding hydrogens is 292 g/mol. The van der Waals surface area contributed by atoms with E-state index in [4.69, 9.17) is 15.8 Å². The Morgan fingerprint density at radius 1 is 1.36 bits per heavy atom. The fourth-order valence-corrected chi connectivity index (χ4v) is 1.63. The molecule has 1 rings (SSSR count). The van der Waals surface area contributed by atoms with Gasteiger partial charge in [0.2, 0.25) is 0 Å². The summed E-state index contributed by atoms with van der Waals surface area (Å²) in [6, 6.07) is 6.11. The van der Waals surface area contributed by atoms with Crippen molar-refractivity contribution in [2.45, 2.75) is 11.8 Å². The lowest BCUT2D eigenvalue weighted by Gasteiger charge is -1.93. The molecule has 14 heavy (non-hydrogen) atoms. The highest BCUT2D eigenvalue weighted by Crippen LogP contribution is 2.17. The summed E-state index contributed by atoms with van der Waals surface area (Å²) in [7, 11) is 1.50. The largest absolute Gasteiger partial charge is 0.397 e. The predicted molar refractivity (Wildman–Crippen MR) is 59.9 cm³/mol. The third kappa shape index (κ3) is 5.59. The van der Waals surface area contributed by atoms with Gasteiger partial charge in [-0.15, -0.1) is 0 Å². The topological polar surface area (TPSA) is 54.4 Å². The summed E-state index contributed by atoms with van der Waals surface area (Å²) < 4.78 is 22.2. The standard InChI is InChI=1S/C6H4BrClO2S.C2H6O/c7-5-1-3-6(4-2-5)11(8,9)10;1-2-3/h1-4H;3H,2H2,1H3. The fraction of sp³-hybridized carbons (Fsp3) is 0.250. The number of benzene rings is 1. The van der Waals surface area contributed by atoms with Crippen molar-refractivity contribution in [3.05, 3.63) is 28.7 Å². The van der Waals surface area contributed by atoms with Crippen LogP contribution < -0.4 is 0 Å². The summed E-state index contributed by atoms with van der Waals surface area (Å²) in [4.78, 5) is 0.113. The van der Waals surface area contributed by atoms with Crippen LogP contribution in [-0.4, -0.2) is 20.1 Å². The average molecular weight is 302 g/mol. The highest BCUT2D eigenvalue weighted by atomic mass is 79.9. The molecule has 0 fully saturated rings. The van der Waals surface area contributed by atoms with Crippen molar-refractivity contribution in [1.29, 1.82) is 0 Å². The van der Waals surface area contributed by atoms with E-state index in [9.17, 15) is 8.42 Å². The Kier molecular flexibility index (Phi) is 6.35. The van der Waals surface area contributed by atoms with Crippen LogP contribution in [-0.2, 0) is 9.05 Å². The van der Waals surface area contributed by atoms with E-state index < -0.39 is 9.05 Å². The summed E-state index contributed by atoms with van der Waals surface area (Å²) in [5.74, 6) is 0. The lowest BCUT2D eigenvalue weighted by molar-refractivity contribution is 0.318. The monoisotopic (exact) mass is 300 g/mol. The molecule has 0 aromatic heterocycles. The van der Waals surface area contributed by atoms with Gasteiger partial charge in [0.1, 0.15) is 0 Å². The van der Waals surface area contributed by atoms with Gasteiger partial charge in [-0.1, -0.05) is 15.9 Å². The quantitative estimate of drug-likeness (QED) is 0.810.